The van der Waals surface area contributed by atoms with Gasteiger partial charge in [-0.2, -0.15) is 0 Å². The standard InChI is InChI=1S/C17H28N4O4/c1-11(2)14(20(4)15(23)9-19-10-22)8-12(3)17(25)21-7-5-6-13(21)16(18)24/h8,10-11,13-14H,5-7,9H2,1-4H3,(H2,18,24)(H,19,22)/b12-8+/t13-,14+/m0/s1. The number of primary amides is 1. The number of nitrogens with one attached hydrogen (secondary N) is 1. The molecule has 0 aromatic carbocycles. The second-order valence-electron chi connectivity index (χ2n) is 6.65. The van der Waals surface area contributed by atoms with Crippen molar-refractivity contribution in [1.82, 2.24) is 15.1 Å². The normalized spacial score (nSPS) is 18.8. The topological polar surface area (TPSA) is 113 Å². The summed E-state index contributed by atoms with van der Waals surface area (Å²) in [6, 6.07) is -0.871. The Balaban J connectivity index is 2.93. The Labute approximate surface area is 148 Å². The molecule has 3 N–H and O–H groups in total. The van der Waals surface area contributed by atoms with Crippen LogP contribution in [0.4, 0.5) is 0 Å². The number of amides is 4. The second kappa shape index (κ2) is 9.19. The van der Waals surface area contributed by atoms with E-state index in [9.17, 15) is 19.2 Å². The molecule has 0 radical (unpaired) electrons. The largest absolute Gasteiger partial charge is 0.368 e. The van der Waals surface area contributed by atoms with Crippen LogP contribution in [0.15, 0.2) is 11.6 Å². The number of carbonyl (C=O) groups excluding carboxylic acids is 4. The number of nitrogens with zero attached hydrogens (tertiary/aromatic N) is 2. The number of nitrogens with two attached hydrogens (primary N) is 1. The number of hydrogen-bond donors (Lipinski definition) is 2. The molecule has 1 aliphatic heterocycles. The van der Waals surface area contributed by atoms with Crippen molar-refractivity contribution in [3.05, 3.63) is 11.6 Å². The van der Waals surface area contributed by atoms with Gasteiger partial charge in [0.25, 0.3) is 0 Å². The van der Waals surface area contributed by atoms with Crippen LogP contribution in [0.3, 0.4) is 0 Å². The van der Waals surface area contributed by atoms with Gasteiger partial charge in [0, 0.05) is 19.2 Å². The quantitative estimate of drug-likeness (QED) is 0.459. The predicted octanol–water partition coefficient (Wildman–Crippen LogP) is -0.362. The molecule has 0 bridgehead atoms. The molecular formula is C17H28N4O4. The number of hydrogen-bond acceptors (Lipinski definition) is 4. The second-order valence-corrected chi connectivity index (χ2v) is 6.65. The molecule has 8 nitrogen and oxygen atoms in total. The van der Waals surface area contributed by atoms with E-state index in [1.165, 1.54) is 9.80 Å². The van der Waals surface area contributed by atoms with Gasteiger partial charge in [0.1, 0.15) is 6.04 Å². The highest BCUT2D eigenvalue weighted by Gasteiger charge is 2.33. The van der Waals surface area contributed by atoms with Crippen LogP contribution < -0.4 is 11.1 Å². The number of rotatable bonds is 8. The number of likely N-dealkylation sites (N-methyl/N-ethyl adjacent to an activating group) is 1. The lowest BCUT2D eigenvalue weighted by atomic mass is 9.99. The molecule has 0 saturated carbocycles. The molecule has 140 valence electrons. The lowest BCUT2D eigenvalue weighted by molar-refractivity contribution is -0.134. The van der Waals surface area contributed by atoms with Gasteiger partial charge in [0.05, 0.1) is 12.6 Å². The van der Waals surface area contributed by atoms with Crippen molar-refractivity contribution in [3.8, 4) is 0 Å². The molecule has 2 atom stereocenters. The lowest BCUT2D eigenvalue weighted by Crippen LogP contribution is -2.45. The Kier molecular flexibility index (Phi) is 7.60. The van der Waals surface area contributed by atoms with E-state index in [2.05, 4.69) is 5.32 Å². The zero-order valence-corrected chi connectivity index (χ0v) is 15.3. The van der Waals surface area contributed by atoms with E-state index in [1.807, 2.05) is 13.8 Å². The SMILES string of the molecule is C/C(=C\[C@H](C(C)C)N(C)C(=O)CNC=O)C(=O)N1CCC[C@H]1C(N)=O. The summed E-state index contributed by atoms with van der Waals surface area (Å²) in [5.41, 5.74) is 5.84. The van der Waals surface area contributed by atoms with E-state index < -0.39 is 11.9 Å². The number of likely N-dealkylation sites (tertiary alicyclic amines) is 1. The van der Waals surface area contributed by atoms with Crippen molar-refractivity contribution in [2.75, 3.05) is 20.1 Å². The monoisotopic (exact) mass is 352 g/mol. The first-order valence-corrected chi connectivity index (χ1v) is 8.42. The summed E-state index contributed by atoms with van der Waals surface area (Å²) in [6.07, 6.45) is 3.54. The molecular weight excluding hydrogens is 324 g/mol. The van der Waals surface area contributed by atoms with Crippen molar-refractivity contribution in [2.24, 2.45) is 11.7 Å². The molecule has 8 heteroatoms. The van der Waals surface area contributed by atoms with E-state index in [0.29, 0.717) is 24.9 Å². The molecule has 0 aliphatic carbocycles. The van der Waals surface area contributed by atoms with Gasteiger partial charge in [-0.25, -0.2) is 0 Å². The predicted molar refractivity (Wildman–Crippen MR) is 93.1 cm³/mol. The van der Waals surface area contributed by atoms with Gasteiger partial charge >= 0.3 is 0 Å². The summed E-state index contributed by atoms with van der Waals surface area (Å²) in [5.74, 6) is -0.915. The summed E-state index contributed by atoms with van der Waals surface area (Å²) in [4.78, 5) is 49.6. The first kappa shape index (κ1) is 20.7. The summed E-state index contributed by atoms with van der Waals surface area (Å²) in [6.45, 7) is 5.97. The van der Waals surface area contributed by atoms with Crippen molar-refractivity contribution in [3.63, 3.8) is 0 Å². The van der Waals surface area contributed by atoms with Gasteiger partial charge < -0.3 is 20.9 Å². The Morgan fingerprint density at radius 1 is 1.36 bits per heavy atom. The first-order valence-electron chi connectivity index (χ1n) is 8.42. The van der Waals surface area contributed by atoms with Gasteiger partial charge in [-0.05, 0) is 25.7 Å². The van der Waals surface area contributed by atoms with Crippen LogP contribution in [0, 0.1) is 5.92 Å². The third-order valence-corrected chi connectivity index (χ3v) is 4.46. The zero-order valence-electron chi connectivity index (χ0n) is 15.3. The fourth-order valence-corrected chi connectivity index (χ4v) is 3.03. The lowest BCUT2D eigenvalue weighted by Gasteiger charge is -2.30. The molecule has 1 heterocycles. The summed E-state index contributed by atoms with van der Waals surface area (Å²) in [5, 5.41) is 2.34. The van der Waals surface area contributed by atoms with Gasteiger partial charge in [0.2, 0.25) is 24.1 Å². The van der Waals surface area contributed by atoms with Crippen LogP contribution in [0.1, 0.15) is 33.6 Å². The Morgan fingerprint density at radius 2 is 2.00 bits per heavy atom. The van der Waals surface area contributed by atoms with E-state index >= 15 is 0 Å². The zero-order chi connectivity index (χ0) is 19.1. The van der Waals surface area contributed by atoms with Crippen molar-refractivity contribution >= 4 is 24.1 Å². The van der Waals surface area contributed by atoms with Gasteiger partial charge in [-0.15, -0.1) is 0 Å². The Bertz CT molecular complexity index is 559. The maximum Gasteiger partial charge on any atom is 0.249 e. The molecule has 0 unspecified atom stereocenters. The van der Waals surface area contributed by atoms with Crippen molar-refractivity contribution in [1.29, 1.82) is 0 Å². The van der Waals surface area contributed by atoms with Crippen molar-refractivity contribution < 1.29 is 19.2 Å². The molecule has 1 saturated heterocycles. The summed E-state index contributed by atoms with van der Waals surface area (Å²) >= 11 is 0. The van der Waals surface area contributed by atoms with E-state index in [1.54, 1.807) is 20.0 Å². The van der Waals surface area contributed by atoms with Crippen molar-refractivity contribution in [2.45, 2.75) is 45.7 Å². The molecule has 0 aromatic heterocycles. The van der Waals surface area contributed by atoms with Crippen LogP contribution in [0.5, 0.6) is 0 Å². The third kappa shape index (κ3) is 5.30. The van der Waals surface area contributed by atoms with Crippen LogP contribution in [-0.4, -0.2) is 66.2 Å². The minimum absolute atomic E-state index is 0.0680. The fraction of sp³-hybridized carbons (Fsp3) is 0.647. The first-order chi connectivity index (χ1) is 11.7. The van der Waals surface area contributed by atoms with E-state index in [0.717, 1.165) is 6.42 Å². The Morgan fingerprint density at radius 3 is 2.52 bits per heavy atom. The third-order valence-electron chi connectivity index (χ3n) is 4.46. The number of carbonyl (C=O) groups is 4. The molecule has 1 fully saturated rings. The molecule has 0 spiro atoms. The molecule has 1 aliphatic rings. The minimum Gasteiger partial charge on any atom is -0.368 e. The van der Waals surface area contributed by atoms with Gasteiger partial charge in [0.15, 0.2) is 0 Å². The van der Waals surface area contributed by atoms with Crippen LogP contribution in [0.25, 0.3) is 0 Å². The molecule has 1 rings (SSSR count). The van der Waals surface area contributed by atoms with Crippen LogP contribution >= 0.6 is 0 Å². The smallest absolute Gasteiger partial charge is 0.249 e. The van der Waals surface area contributed by atoms with Crippen LogP contribution in [-0.2, 0) is 19.2 Å². The average Bonchev–Trinajstić information content (AvgIpc) is 3.05. The van der Waals surface area contributed by atoms with Gasteiger partial charge in [-0.3, -0.25) is 19.2 Å². The minimum atomic E-state index is -0.565. The Hall–Kier alpha value is -2.38. The van der Waals surface area contributed by atoms with Gasteiger partial charge in [-0.1, -0.05) is 19.9 Å². The summed E-state index contributed by atoms with van der Waals surface area (Å²) < 4.78 is 0. The highest BCUT2D eigenvalue weighted by atomic mass is 16.2. The maximum absolute atomic E-state index is 12.7. The maximum atomic E-state index is 12.7. The molecule has 25 heavy (non-hydrogen) atoms. The fourth-order valence-electron chi connectivity index (χ4n) is 3.03. The molecule has 4 amide bonds. The highest BCUT2D eigenvalue weighted by molar-refractivity contribution is 5.96. The van der Waals surface area contributed by atoms with E-state index in [-0.39, 0.29) is 30.3 Å². The molecule has 0 aromatic rings. The van der Waals surface area contributed by atoms with Crippen LogP contribution in [0.2, 0.25) is 0 Å². The van der Waals surface area contributed by atoms with E-state index in [4.69, 9.17) is 5.73 Å². The summed E-state index contributed by atoms with van der Waals surface area (Å²) in [7, 11) is 1.63. The highest BCUT2D eigenvalue weighted by Crippen LogP contribution is 2.21. The average molecular weight is 352 g/mol.